The first-order valence-electron chi connectivity index (χ1n) is 18.1. The number of rotatable bonds is 17. The Morgan fingerprint density at radius 2 is 1.50 bits per heavy atom. The van der Waals surface area contributed by atoms with Crippen LogP contribution in [0.25, 0.3) is 11.1 Å². The lowest BCUT2D eigenvalue weighted by Gasteiger charge is -2.39. The van der Waals surface area contributed by atoms with Gasteiger partial charge in [0.1, 0.15) is 0 Å². The van der Waals surface area contributed by atoms with Crippen LogP contribution in [-0.2, 0) is 32.2 Å². The van der Waals surface area contributed by atoms with Gasteiger partial charge in [-0.1, -0.05) is 97.4 Å². The number of amides is 2. The van der Waals surface area contributed by atoms with E-state index in [4.69, 9.17) is 14.7 Å². The van der Waals surface area contributed by atoms with Crippen molar-refractivity contribution in [2.45, 2.75) is 89.2 Å². The second-order valence-corrected chi connectivity index (χ2v) is 13.6. The van der Waals surface area contributed by atoms with Crippen molar-refractivity contribution in [1.29, 1.82) is 0 Å². The predicted octanol–water partition coefficient (Wildman–Crippen LogP) is 6.52. The number of benzene rings is 4. The SMILES string of the molecule is C[C@H]([C@@H](O)c1ccccc1)N(C)C[C@H]1C[C@@H](c2ccc(CO)cc2)O[C@@H](c2cccc(-c3cccc(CNC(=O)CCCCCC(=O)NO)c3)c2)O1. The lowest BCUT2D eigenvalue weighted by Crippen LogP contribution is -2.43. The Morgan fingerprint density at radius 1 is 0.808 bits per heavy atom. The molecular formula is C42H51N3O7. The molecule has 10 nitrogen and oxygen atoms in total. The molecule has 0 spiro atoms. The zero-order valence-corrected chi connectivity index (χ0v) is 30.0. The van der Waals surface area contributed by atoms with Crippen molar-refractivity contribution in [3.63, 3.8) is 0 Å². The summed E-state index contributed by atoms with van der Waals surface area (Å²) in [6, 6.07) is 33.6. The van der Waals surface area contributed by atoms with E-state index in [0.717, 1.165) is 45.4 Å². The summed E-state index contributed by atoms with van der Waals surface area (Å²) >= 11 is 0. The second kappa shape index (κ2) is 19.4. The van der Waals surface area contributed by atoms with Crippen LogP contribution in [0.3, 0.4) is 0 Å². The molecule has 0 bridgehead atoms. The van der Waals surface area contributed by atoms with Crippen LogP contribution in [0.4, 0.5) is 0 Å². The van der Waals surface area contributed by atoms with E-state index < -0.39 is 18.3 Å². The topological polar surface area (TPSA) is 141 Å². The average molecular weight is 710 g/mol. The molecule has 5 rings (SSSR count). The van der Waals surface area contributed by atoms with Crippen LogP contribution < -0.4 is 10.8 Å². The van der Waals surface area contributed by atoms with E-state index in [9.17, 15) is 19.8 Å². The van der Waals surface area contributed by atoms with Gasteiger partial charge in [0, 0.05) is 44.0 Å². The number of hydroxylamine groups is 1. The smallest absolute Gasteiger partial charge is 0.243 e. The number of nitrogens with one attached hydrogen (secondary N) is 2. The molecule has 52 heavy (non-hydrogen) atoms. The molecule has 0 aliphatic carbocycles. The zero-order chi connectivity index (χ0) is 36.9. The van der Waals surface area contributed by atoms with Crippen molar-refractivity contribution in [3.05, 3.63) is 131 Å². The maximum atomic E-state index is 12.4. The molecule has 4 aromatic rings. The highest BCUT2D eigenvalue weighted by Crippen LogP contribution is 2.39. The minimum atomic E-state index is -0.650. The standard InChI is InChI=1S/C42H51N3O7/c1-29(41(49)33-12-5-3-6-13-33)45(2)27-37-25-38(32-21-19-30(28-46)20-22-32)52-42(51-37)36-16-10-15-35(24-36)34-14-9-11-31(23-34)26-43-39(47)17-7-4-8-18-40(48)44-50/h3,5-6,9-16,19-24,29,37-38,41-42,46,49-50H,4,7-8,17-18,25-28H2,1-2H3,(H,43,47)(H,44,48)/t29-,37-,38+,41-,42+/m1/s1. The number of aliphatic hydroxyl groups excluding tert-OH is 2. The number of likely N-dealkylation sites (N-methyl/N-ethyl adjacent to an activating group) is 1. The lowest BCUT2D eigenvalue weighted by molar-refractivity contribution is -0.253. The van der Waals surface area contributed by atoms with Gasteiger partial charge >= 0.3 is 0 Å². The quantitative estimate of drug-likeness (QED) is 0.0475. The number of hydrogen-bond acceptors (Lipinski definition) is 8. The molecule has 0 aromatic heterocycles. The molecule has 0 radical (unpaired) electrons. The van der Waals surface area contributed by atoms with Crippen molar-refractivity contribution in [3.8, 4) is 11.1 Å². The highest BCUT2D eigenvalue weighted by atomic mass is 16.7. The molecule has 1 aliphatic rings. The Kier molecular flexibility index (Phi) is 14.5. The van der Waals surface area contributed by atoms with Crippen LogP contribution in [0.15, 0.2) is 103 Å². The van der Waals surface area contributed by atoms with E-state index in [2.05, 4.69) is 22.3 Å². The normalized spacial score (nSPS) is 18.5. The molecular weight excluding hydrogens is 658 g/mol. The highest BCUT2D eigenvalue weighted by Gasteiger charge is 2.34. The van der Waals surface area contributed by atoms with Gasteiger partial charge in [-0.3, -0.25) is 19.7 Å². The first-order chi connectivity index (χ1) is 25.2. The summed E-state index contributed by atoms with van der Waals surface area (Å²) in [5.74, 6) is -0.461. The molecule has 1 heterocycles. The van der Waals surface area contributed by atoms with Gasteiger partial charge < -0.3 is 25.0 Å². The number of carbonyl (C=O) groups is 2. The van der Waals surface area contributed by atoms with Crippen LogP contribution in [-0.4, -0.2) is 57.9 Å². The number of unbranched alkanes of at least 4 members (excludes halogenated alkanes) is 2. The number of hydrogen-bond donors (Lipinski definition) is 5. The van der Waals surface area contributed by atoms with Crippen molar-refractivity contribution >= 4 is 11.8 Å². The summed E-state index contributed by atoms with van der Waals surface area (Å²) < 4.78 is 13.3. The van der Waals surface area contributed by atoms with E-state index in [0.29, 0.717) is 38.8 Å². The Morgan fingerprint density at radius 3 is 2.21 bits per heavy atom. The minimum Gasteiger partial charge on any atom is -0.392 e. The van der Waals surface area contributed by atoms with Crippen LogP contribution in [0, 0.1) is 0 Å². The molecule has 1 fully saturated rings. The maximum Gasteiger partial charge on any atom is 0.243 e. The molecule has 4 aromatic carbocycles. The van der Waals surface area contributed by atoms with Gasteiger partial charge in [0.15, 0.2) is 6.29 Å². The summed E-state index contributed by atoms with van der Waals surface area (Å²) in [6.07, 6.45) is 1.54. The maximum absolute atomic E-state index is 12.4. The summed E-state index contributed by atoms with van der Waals surface area (Å²) in [5.41, 5.74) is 8.20. The number of nitrogens with zero attached hydrogens (tertiary/aromatic N) is 1. The zero-order valence-electron chi connectivity index (χ0n) is 30.0. The van der Waals surface area contributed by atoms with Crippen LogP contribution >= 0.6 is 0 Å². The number of aliphatic hydroxyl groups is 2. The first-order valence-corrected chi connectivity index (χ1v) is 18.1. The van der Waals surface area contributed by atoms with Crippen molar-refractivity contribution < 1.29 is 34.5 Å². The van der Waals surface area contributed by atoms with Gasteiger partial charge in [0.05, 0.1) is 24.9 Å². The van der Waals surface area contributed by atoms with Gasteiger partial charge in [0.25, 0.3) is 0 Å². The fraction of sp³-hybridized carbons (Fsp3) is 0.381. The van der Waals surface area contributed by atoms with Crippen LogP contribution in [0.2, 0.25) is 0 Å². The summed E-state index contributed by atoms with van der Waals surface area (Å²) in [7, 11) is 2.01. The Labute approximate surface area is 306 Å². The molecule has 10 heteroatoms. The van der Waals surface area contributed by atoms with Crippen LogP contribution in [0.1, 0.15) is 91.8 Å². The monoisotopic (exact) mass is 709 g/mol. The molecule has 5 atom stereocenters. The molecule has 5 N–H and O–H groups in total. The third-order valence-corrected chi connectivity index (χ3v) is 9.74. The Bertz CT molecular complexity index is 1720. The Balaban J connectivity index is 1.26. The fourth-order valence-electron chi connectivity index (χ4n) is 6.51. The molecule has 1 saturated heterocycles. The first kappa shape index (κ1) is 38.8. The van der Waals surface area contributed by atoms with Gasteiger partial charge in [-0.25, -0.2) is 5.48 Å². The minimum absolute atomic E-state index is 0.0258. The molecule has 0 saturated carbocycles. The highest BCUT2D eigenvalue weighted by molar-refractivity contribution is 5.76. The Hall–Kier alpha value is -4.42. The second-order valence-electron chi connectivity index (χ2n) is 13.6. The molecule has 2 amide bonds. The molecule has 0 unspecified atom stereocenters. The van der Waals surface area contributed by atoms with E-state index in [1.54, 1.807) is 5.48 Å². The van der Waals surface area contributed by atoms with Gasteiger partial charge in [-0.2, -0.15) is 0 Å². The van der Waals surface area contributed by atoms with Crippen molar-refractivity contribution in [1.82, 2.24) is 15.7 Å². The van der Waals surface area contributed by atoms with Gasteiger partial charge in [-0.15, -0.1) is 0 Å². The number of carbonyl (C=O) groups excluding carboxylic acids is 2. The average Bonchev–Trinajstić information content (AvgIpc) is 3.19. The van der Waals surface area contributed by atoms with E-state index in [1.807, 2.05) is 105 Å². The third kappa shape index (κ3) is 11.0. The van der Waals surface area contributed by atoms with E-state index >= 15 is 0 Å². The van der Waals surface area contributed by atoms with E-state index in [1.165, 1.54) is 0 Å². The fourth-order valence-corrected chi connectivity index (χ4v) is 6.51. The molecule has 1 aliphatic heterocycles. The predicted molar refractivity (Wildman–Crippen MR) is 199 cm³/mol. The summed E-state index contributed by atoms with van der Waals surface area (Å²) in [6.45, 7) is 2.98. The van der Waals surface area contributed by atoms with Gasteiger partial charge in [-0.05, 0) is 72.3 Å². The largest absolute Gasteiger partial charge is 0.392 e. The molecule has 276 valence electrons. The number of ether oxygens (including phenoxy) is 2. The third-order valence-electron chi connectivity index (χ3n) is 9.74. The van der Waals surface area contributed by atoms with Gasteiger partial charge in [0.2, 0.25) is 11.8 Å². The van der Waals surface area contributed by atoms with Crippen molar-refractivity contribution in [2.75, 3.05) is 13.6 Å². The van der Waals surface area contributed by atoms with Crippen LogP contribution in [0.5, 0.6) is 0 Å². The van der Waals surface area contributed by atoms with Crippen molar-refractivity contribution in [2.24, 2.45) is 0 Å². The summed E-state index contributed by atoms with van der Waals surface area (Å²) in [5, 5.41) is 32.3. The van der Waals surface area contributed by atoms with E-state index in [-0.39, 0.29) is 37.2 Å². The lowest BCUT2D eigenvalue weighted by atomic mass is 9.97. The summed E-state index contributed by atoms with van der Waals surface area (Å²) in [4.78, 5) is 25.7.